The summed E-state index contributed by atoms with van der Waals surface area (Å²) in [5, 5.41) is 15.7. The van der Waals surface area contributed by atoms with Gasteiger partial charge in [0.15, 0.2) is 11.5 Å². The molecule has 0 bridgehead atoms. The van der Waals surface area contributed by atoms with Crippen LogP contribution in [0.4, 0.5) is 11.5 Å². The molecular weight excluding hydrogens is 284 g/mol. The van der Waals surface area contributed by atoms with Gasteiger partial charge in [0.1, 0.15) is 5.76 Å². The van der Waals surface area contributed by atoms with Crippen molar-refractivity contribution in [1.29, 1.82) is 10.8 Å². The van der Waals surface area contributed by atoms with E-state index in [4.69, 9.17) is 21.3 Å². The Labute approximate surface area is 126 Å². The fourth-order valence-electron chi connectivity index (χ4n) is 2.74. The minimum Gasteiger partial charge on any atom is -0.495 e. The number of fused-ring (bicyclic) bond motifs is 1. The number of nitrogen functional groups attached to an aromatic ring is 1. The number of nitrogens with two attached hydrogens (primary N) is 1. The van der Waals surface area contributed by atoms with Gasteiger partial charge in [-0.15, -0.1) is 0 Å². The summed E-state index contributed by atoms with van der Waals surface area (Å²) in [6.07, 6.45) is 3.57. The number of rotatable bonds is 2. The lowest BCUT2D eigenvalue weighted by Crippen LogP contribution is -2.27. The van der Waals surface area contributed by atoms with Crippen molar-refractivity contribution in [2.75, 3.05) is 12.8 Å². The number of hydrogen-bond donors (Lipinski definition) is 3. The van der Waals surface area contributed by atoms with Gasteiger partial charge in [0.05, 0.1) is 24.2 Å². The van der Waals surface area contributed by atoms with Crippen molar-refractivity contribution < 1.29 is 4.74 Å². The van der Waals surface area contributed by atoms with E-state index in [1.165, 1.54) is 13.2 Å². The Hall–Kier alpha value is -2.64. The number of anilines is 1. The lowest BCUT2D eigenvalue weighted by Gasteiger charge is -2.17. The Bertz CT molecular complexity index is 780. The largest absolute Gasteiger partial charge is 0.495 e. The Morgan fingerprint density at radius 3 is 2.55 bits per heavy atom. The molecule has 0 unspecified atom stereocenters. The van der Waals surface area contributed by atoms with Gasteiger partial charge in [0.25, 0.3) is 5.56 Å². The number of aromatic nitrogens is 2. The van der Waals surface area contributed by atoms with Crippen LogP contribution in [-0.4, -0.2) is 33.6 Å². The van der Waals surface area contributed by atoms with E-state index < -0.39 is 0 Å². The topological polar surface area (TPSA) is 122 Å². The summed E-state index contributed by atoms with van der Waals surface area (Å²) in [5.41, 5.74) is 6.72. The fraction of sp³-hybridized carbons (Fsp3) is 0.429. The molecule has 1 aromatic rings. The van der Waals surface area contributed by atoms with Gasteiger partial charge >= 0.3 is 0 Å². The number of nitrogens with zero attached hydrogens (tertiary/aromatic N) is 3. The standard InChI is InChI=1S/C14H18N6O2/c1-22-11-7-10(8(15)6-9(11)16)18-12-13(17)19-4-2-3-5-20(19)14(12)21/h7,15-16H,2-6,17H2,1H3. The smallest absolute Gasteiger partial charge is 0.294 e. The zero-order valence-electron chi connectivity index (χ0n) is 12.3. The minimum atomic E-state index is -0.231. The highest BCUT2D eigenvalue weighted by Gasteiger charge is 2.23. The zero-order chi connectivity index (χ0) is 15.9. The molecule has 0 atom stereocenters. The van der Waals surface area contributed by atoms with Crippen molar-refractivity contribution in [2.45, 2.75) is 32.4 Å². The first kappa shape index (κ1) is 14.3. The van der Waals surface area contributed by atoms with Gasteiger partial charge in [0.2, 0.25) is 0 Å². The molecule has 22 heavy (non-hydrogen) atoms. The van der Waals surface area contributed by atoms with Gasteiger partial charge < -0.3 is 21.3 Å². The molecule has 4 N–H and O–H groups in total. The quantitative estimate of drug-likeness (QED) is 0.757. The molecule has 8 nitrogen and oxygen atoms in total. The SMILES string of the molecule is COC1=CC(=Nc2c(N)n3n(c2=O)CCCC3)C(=N)CC1=N. The van der Waals surface area contributed by atoms with Crippen molar-refractivity contribution in [1.82, 2.24) is 9.36 Å². The summed E-state index contributed by atoms with van der Waals surface area (Å²) in [5.74, 6) is 0.690. The highest BCUT2D eigenvalue weighted by Crippen LogP contribution is 2.23. The van der Waals surface area contributed by atoms with Crippen LogP contribution >= 0.6 is 0 Å². The van der Waals surface area contributed by atoms with Gasteiger partial charge in [-0.1, -0.05) is 0 Å². The molecule has 8 heteroatoms. The number of hydrogen-bond acceptors (Lipinski definition) is 6. The van der Waals surface area contributed by atoms with Crippen LogP contribution in [0, 0.1) is 10.8 Å². The normalized spacial score (nSPS) is 20.0. The first-order valence-corrected chi connectivity index (χ1v) is 7.12. The highest BCUT2D eigenvalue weighted by molar-refractivity contribution is 6.51. The van der Waals surface area contributed by atoms with E-state index in [1.807, 2.05) is 0 Å². The second-order valence-corrected chi connectivity index (χ2v) is 5.34. The van der Waals surface area contributed by atoms with Gasteiger partial charge in [0, 0.05) is 25.6 Å². The zero-order valence-corrected chi connectivity index (χ0v) is 12.3. The van der Waals surface area contributed by atoms with Crippen LogP contribution in [-0.2, 0) is 17.8 Å². The van der Waals surface area contributed by atoms with Crippen LogP contribution in [0.25, 0.3) is 0 Å². The minimum absolute atomic E-state index is 0.132. The number of ether oxygens (including phenoxy) is 1. The molecule has 0 saturated heterocycles. The van der Waals surface area contributed by atoms with Crippen LogP contribution in [0.2, 0.25) is 0 Å². The van der Waals surface area contributed by atoms with E-state index in [-0.39, 0.29) is 29.1 Å². The third-order valence-electron chi connectivity index (χ3n) is 3.92. The molecule has 2 heterocycles. The van der Waals surface area contributed by atoms with Crippen molar-refractivity contribution in [3.05, 3.63) is 22.2 Å². The predicted octanol–water partition coefficient (Wildman–Crippen LogP) is 1.07. The van der Waals surface area contributed by atoms with E-state index >= 15 is 0 Å². The summed E-state index contributed by atoms with van der Waals surface area (Å²) in [6, 6.07) is 0. The average Bonchev–Trinajstić information content (AvgIpc) is 2.75. The molecule has 0 radical (unpaired) electrons. The molecule has 1 aliphatic carbocycles. The molecule has 116 valence electrons. The third-order valence-corrected chi connectivity index (χ3v) is 3.92. The van der Waals surface area contributed by atoms with Crippen LogP contribution in [0.15, 0.2) is 21.6 Å². The van der Waals surface area contributed by atoms with Crippen molar-refractivity contribution >= 4 is 28.6 Å². The summed E-state index contributed by atoms with van der Waals surface area (Å²) in [7, 11) is 1.47. The first-order chi connectivity index (χ1) is 10.5. The Morgan fingerprint density at radius 2 is 1.91 bits per heavy atom. The molecule has 0 amide bonds. The molecule has 0 aromatic carbocycles. The molecule has 3 rings (SSSR count). The van der Waals surface area contributed by atoms with Crippen molar-refractivity contribution in [3.8, 4) is 0 Å². The van der Waals surface area contributed by atoms with E-state index in [0.717, 1.165) is 12.8 Å². The molecule has 0 saturated carbocycles. The van der Waals surface area contributed by atoms with Crippen molar-refractivity contribution in [3.63, 3.8) is 0 Å². The molecule has 2 aliphatic rings. The predicted molar refractivity (Wildman–Crippen MR) is 84.6 cm³/mol. The molecule has 1 aromatic heterocycles. The van der Waals surface area contributed by atoms with Crippen molar-refractivity contribution in [2.24, 2.45) is 4.99 Å². The van der Waals surface area contributed by atoms with E-state index in [1.54, 1.807) is 9.36 Å². The van der Waals surface area contributed by atoms with E-state index in [9.17, 15) is 4.79 Å². The fourth-order valence-corrected chi connectivity index (χ4v) is 2.74. The monoisotopic (exact) mass is 302 g/mol. The number of methoxy groups -OCH3 is 1. The number of allylic oxidation sites excluding steroid dienone is 2. The van der Waals surface area contributed by atoms with Crippen LogP contribution in [0.5, 0.6) is 0 Å². The number of aliphatic imine (C=N–C) groups is 1. The Kier molecular flexibility index (Phi) is 3.44. The second kappa shape index (κ2) is 5.28. The first-order valence-electron chi connectivity index (χ1n) is 7.12. The maximum absolute atomic E-state index is 12.4. The number of nitrogens with one attached hydrogen (secondary N) is 2. The summed E-state index contributed by atoms with van der Waals surface area (Å²) < 4.78 is 8.46. The molecule has 1 aliphatic heterocycles. The van der Waals surface area contributed by atoms with Crippen LogP contribution < -0.4 is 11.3 Å². The second-order valence-electron chi connectivity index (χ2n) is 5.34. The van der Waals surface area contributed by atoms with Gasteiger partial charge in [-0.3, -0.25) is 9.48 Å². The summed E-state index contributed by atoms with van der Waals surface area (Å²) >= 11 is 0. The third kappa shape index (κ3) is 2.16. The van der Waals surface area contributed by atoms with Gasteiger partial charge in [-0.25, -0.2) is 9.67 Å². The maximum Gasteiger partial charge on any atom is 0.294 e. The maximum atomic E-state index is 12.4. The summed E-state index contributed by atoms with van der Waals surface area (Å²) in [6.45, 7) is 1.34. The molecule has 0 spiro atoms. The Morgan fingerprint density at radius 1 is 1.23 bits per heavy atom. The van der Waals surface area contributed by atoms with E-state index in [0.29, 0.717) is 30.4 Å². The van der Waals surface area contributed by atoms with E-state index in [2.05, 4.69) is 4.99 Å². The van der Waals surface area contributed by atoms with Crippen LogP contribution in [0.1, 0.15) is 19.3 Å². The molecular formula is C14H18N6O2. The van der Waals surface area contributed by atoms with Gasteiger partial charge in [-0.05, 0) is 12.8 Å². The lowest BCUT2D eigenvalue weighted by atomic mass is 10.00. The lowest BCUT2D eigenvalue weighted by molar-refractivity contribution is 0.314. The highest BCUT2D eigenvalue weighted by atomic mass is 16.5. The summed E-state index contributed by atoms with van der Waals surface area (Å²) in [4.78, 5) is 16.7. The Balaban J connectivity index is 2.11. The molecule has 0 fully saturated rings. The average molecular weight is 302 g/mol. The van der Waals surface area contributed by atoms with Gasteiger partial charge in [-0.2, -0.15) is 0 Å². The van der Waals surface area contributed by atoms with Crippen LogP contribution in [0.3, 0.4) is 0 Å².